The first kappa shape index (κ1) is 14.4. The molecule has 104 valence electrons. The van der Waals surface area contributed by atoms with E-state index in [0.29, 0.717) is 0 Å². The number of unbranched alkanes of at least 4 members (excludes halogenated alkanes) is 2. The summed E-state index contributed by atoms with van der Waals surface area (Å²) in [6.07, 6.45) is 12.7. The summed E-state index contributed by atoms with van der Waals surface area (Å²) in [6.45, 7) is 6.20. The lowest BCUT2D eigenvalue weighted by Crippen LogP contribution is -2.11. The molecule has 0 heteroatoms. The largest absolute Gasteiger partial charge is 0.103 e. The SMILES string of the molecule is C=C[C@H]1CC[C@H](c2ccc(CCCCC)cc2)CC1. The summed E-state index contributed by atoms with van der Waals surface area (Å²) in [5.41, 5.74) is 3.07. The molecule has 0 amide bonds. The van der Waals surface area contributed by atoms with Crippen LogP contribution in [-0.2, 0) is 6.42 Å². The highest BCUT2D eigenvalue weighted by Gasteiger charge is 2.20. The van der Waals surface area contributed by atoms with E-state index >= 15 is 0 Å². The Kier molecular flexibility index (Phi) is 5.69. The normalized spacial score (nSPS) is 23.2. The molecule has 0 nitrogen and oxygen atoms in total. The van der Waals surface area contributed by atoms with Crippen molar-refractivity contribution >= 4 is 0 Å². The number of rotatable bonds is 6. The molecule has 0 heterocycles. The van der Waals surface area contributed by atoms with Gasteiger partial charge in [0.1, 0.15) is 0 Å². The van der Waals surface area contributed by atoms with Crippen LogP contribution in [0.3, 0.4) is 0 Å². The van der Waals surface area contributed by atoms with Gasteiger partial charge in [0.05, 0.1) is 0 Å². The van der Waals surface area contributed by atoms with Crippen LogP contribution in [0.4, 0.5) is 0 Å². The highest BCUT2D eigenvalue weighted by molar-refractivity contribution is 5.26. The van der Waals surface area contributed by atoms with Gasteiger partial charge >= 0.3 is 0 Å². The minimum Gasteiger partial charge on any atom is -0.103 e. The second kappa shape index (κ2) is 7.53. The quantitative estimate of drug-likeness (QED) is 0.440. The number of hydrogen-bond donors (Lipinski definition) is 0. The molecule has 0 bridgehead atoms. The monoisotopic (exact) mass is 256 g/mol. The summed E-state index contributed by atoms with van der Waals surface area (Å²) in [4.78, 5) is 0. The van der Waals surface area contributed by atoms with Crippen LogP contribution in [0.25, 0.3) is 0 Å². The van der Waals surface area contributed by atoms with Gasteiger partial charge in [0.2, 0.25) is 0 Å². The molecule has 0 atom stereocenters. The molecule has 0 aromatic heterocycles. The van der Waals surface area contributed by atoms with Crippen molar-refractivity contribution in [3.63, 3.8) is 0 Å². The molecular formula is C19H28. The van der Waals surface area contributed by atoms with Gasteiger partial charge in [-0.05, 0) is 61.5 Å². The summed E-state index contributed by atoms with van der Waals surface area (Å²) in [5, 5.41) is 0. The maximum atomic E-state index is 3.93. The predicted octanol–water partition coefficient (Wildman–Crippen LogP) is 5.88. The molecule has 0 aliphatic heterocycles. The van der Waals surface area contributed by atoms with Crippen LogP contribution < -0.4 is 0 Å². The minimum atomic E-state index is 0.768. The first-order valence-electron chi connectivity index (χ1n) is 8.05. The Morgan fingerprint density at radius 2 is 1.74 bits per heavy atom. The van der Waals surface area contributed by atoms with Crippen LogP contribution in [0.1, 0.15) is 68.9 Å². The Labute approximate surface area is 118 Å². The van der Waals surface area contributed by atoms with Gasteiger partial charge < -0.3 is 0 Å². The molecule has 1 aromatic carbocycles. The number of hydrogen-bond acceptors (Lipinski definition) is 0. The third-order valence-corrected chi connectivity index (χ3v) is 4.63. The smallest absolute Gasteiger partial charge is 0.0162 e. The summed E-state index contributed by atoms with van der Waals surface area (Å²) in [7, 11) is 0. The van der Waals surface area contributed by atoms with Gasteiger partial charge in [-0.2, -0.15) is 0 Å². The van der Waals surface area contributed by atoms with Gasteiger partial charge in [-0.1, -0.05) is 50.1 Å². The van der Waals surface area contributed by atoms with Crippen molar-refractivity contribution in [3.8, 4) is 0 Å². The van der Waals surface area contributed by atoms with Gasteiger partial charge in [-0.3, -0.25) is 0 Å². The summed E-state index contributed by atoms with van der Waals surface area (Å²) in [6, 6.07) is 9.45. The van der Waals surface area contributed by atoms with Crippen molar-refractivity contribution in [2.75, 3.05) is 0 Å². The molecule has 1 saturated carbocycles. The first-order valence-corrected chi connectivity index (χ1v) is 8.05. The van der Waals surface area contributed by atoms with Crippen molar-refractivity contribution in [3.05, 3.63) is 48.0 Å². The summed E-state index contributed by atoms with van der Waals surface area (Å²) >= 11 is 0. The Morgan fingerprint density at radius 3 is 2.32 bits per heavy atom. The van der Waals surface area contributed by atoms with Crippen molar-refractivity contribution in [2.24, 2.45) is 5.92 Å². The molecule has 1 aliphatic carbocycles. The van der Waals surface area contributed by atoms with Crippen molar-refractivity contribution in [1.29, 1.82) is 0 Å². The van der Waals surface area contributed by atoms with Crippen molar-refractivity contribution in [1.82, 2.24) is 0 Å². The molecule has 0 spiro atoms. The molecule has 0 unspecified atom stereocenters. The molecule has 19 heavy (non-hydrogen) atoms. The lowest BCUT2D eigenvalue weighted by atomic mass is 9.78. The predicted molar refractivity (Wildman–Crippen MR) is 84.6 cm³/mol. The summed E-state index contributed by atoms with van der Waals surface area (Å²) < 4.78 is 0. The van der Waals surface area contributed by atoms with Crippen LogP contribution >= 0.6 is 0 Å². The lowest BCUT2D eigenvalue weighted by Gasteiger charge is -2.27. The minimum absolute atomic E-state index is 0.768. The molecule has 2 rings (SSSR count). The standard InChI is InChI=1S/C19H28/c1-3-5-6-7-17-10-14-19(15-11-17)18-12-8-16(4-2)9-13-18/h4,10-11,14-16,18H,2-3,5-9,12-13H2,1H3/t16-,18-. The maximum Gasteiger partial charge on any atom is -0.0162 e. The zero-order valence-corrected chi connectivity index (χ0v) is 12.4. The zero-order chi connectivity index (χ0) is 13.5. The molecule has 1 fully saturated rings. The van der Waals surface area contributed by atoms with E-state index in [9.17, 15) is 0 Å². The molecule has 0 saturated heterocycles. The van der Waals surface area contributed by atoms with E-state index in [1.165, 1.54) is 56.9 Å². The van der Waals surface area contributed by atoms with Gasteiger partial charge in [-0.25, -0.2) is 0 Å². The van der Waals surface area contributed by atoms with Crippen molar-refractivity contribution < 1.29 is 0 Å². The van der Waals surface area contributed by atoms with Gasteiger partial charge in [0.25, 0.3) is 0 Å². The second-order valence-electron chi connectivity index (χ2n) is 6.05. The fraction of sp³-hybridized carbons (Fsp3) is 0.579. The van der Waals surface area contributed by atoms with E-state index < -0.39 is 0 Å². The van der Waals surface area contributed by atoms with E-state index in [2.05, 4.69) is 43.8 Å². The van der Waals surface area contributed by atoms with Crippen LogP contribution in [-0.4, -0.2) is 0 Å². The van der Waals surface area contributed by atoms with Crippen LogP contribution in [0.15, 0.2) is 36.9 Å². The Bertz CT molecular complexity index is 366. The third kappa shape index (κ3) is 4.23. The van der Waals surface area contributed by atoms with Crippen molar-refractivity contribution in [2.45, 2.75) is 64.2 Å². The molecule has 0 N–H and O–H groups in total. The maximum absolute atomic E-state index is 3.93. The third-order valence-electron chi connectivity index (χ3n) is 4.63. The van der Waals surface area contributed by atoms with Gasteiger partial charge in [0.15, 0.2) is 0 Å². The Balaban J connectivity index is 1.86. The van der Waals surface area contributed by atoms with E-state index in [4.69, 9.17) is 0 Å². The number of allylic oxidation sites excluding steroid dienone is 1. The molecule has 0 radical (unpaired) electrons. The van der Waals surface area contributed by atoms with E-state index in [-0.39, 0.29) is 0 Å². The molecular weight excluding hydrogens is 228 g/mol. The fourth-order valence-corrected chi connectivity index (χ4v) is 3.22. The van der Waals surface area contributed by atoms with E-state index in [0.717, 1.165) is 11.8 Å². The Morgan fingerprint density at radius 1 is 1.05 bits per heavy atom. The topological polar surface area (TPSA) is 0 Å². The Hall–Kier alpha value is -1.04. The zero-order valence-electron chi connectivity index (χ0n) is 12.4. The lowest BCUT2D eigenvalue weighted by molar-refractivity contribution is 0.376. The highest BCUT2D eigenvalue weighted by Crippen LogP contribution is 2.36. The van der Waals surface area contributed by atoms with Crippen LogP contribution in [0.5, 0.6) is 0 Å². The number of aryl methyl sites for hydroxylation is 1. The van der Waals surface area contributed by atoms with Gasteiger partial charge in [-0.15, -0.1) is 6.58 Å². The van der Waals surface area contributed by atoms with E-state index in [1.54, 1.807) is 5.56 Å². The van der Waals surface area contributed by atoms with Crippen LogP contribution in [0, 0.1) is 5.92 Å². The van der Waals surface area contributed by atoms with E-state index in [1.807, 2.05) is 0 Å². The second-order valence-corrected chi connectivity index (χ2v) is 6.05. The summed E-state index contributed by atoms with van der Waals surface area (Å²) in [5.74, 6) is 1.56. The van der Waals surface area contributed by atoms with Crippen LogP contribution in [0.2, 0.25) is 0 Å². The first-order chi connectivity index (χ1) is 9.33. The average Bonchev–Trinajstić information content (AvgIpc) is 2.48. The van der Waals surface area contributed by atoms with Gasteiger partial charge in [0, 0.05) is 0 Å². The fourth-order valence-electron chi connectivity index (χ4n) is 3.22. The molecule has 1 aromatic rings. The highest BCUT2D eigenvalue weighted by atomic mass is 14.2. The average molecular weight is 256 g/mol. The molecule has 1 aliphatic rings. The number of benzene rings is 1.